The van der Waals surface area contributed by atoms with Crippen molar-refractivity contribution >= 4 is 37.2 Å². The minimum absolute atomic E-state index is 0.00272. The molecule has 0 spiro atoms. The minimum Gasteiger partial charge on any atom is -0.288 e. The highest BCUT2D eigenvalue weighted by molar-refractivity contribution is 8.00. The number of para-hydroxylation sites is 1. The molecule has 2 aromatic rings. The van der Waals surface area contributed by atoms with Crippen molar-refractivity contribution in [2.75, 3.05) is 0 Å². The second kappa shape index (κ2) is 13.2. The predicted octanol–water partition coefficient (Wildman–Crippen LogP) is 5.86. The molecule has 1 atom stereocenters. The Morgan fingerprint density at radius 2 is 1.79 bits per heavy atom. The number of sulfone groups is 1. The molecular weight excluding hydrogens is 458 g/mol. The summed E-state index contributed by atoms with van der Waals surface area (Å²) in [7, 11) is -3.95. The molecule has 1 aliphatic rings. The zero-order chi connectivity index (χ0) is 25.2. The zero-order valence-corrected chi connectivity index (χ0v) is 21.4. The fourth-order valence-corrected chi connectivity index (χ4v) is 5.97. The van der Waals surface area contributed by atoms with Crippen molar-refractivity contribution in [2.24, 2.45) is 0 Å². The maximum Gasteiger partial charge on any atom is 0.275 e. The number of carbonyl (C=O) groups is 1. The molecule has 1 aliphatic heterocycles. The van der Waals surface area contributed by atoms with E-state index in [-0.39, 0.29) is 15.4 Å². The van der Waals surface area contributed by atoms with Crippen LogP contribution in [0.25, 0.3) is 10.2 Å². The molecule has 178 valence electrons. The maximum absolute atomic E-state index is 12.6. The lowest BCUT2D eigenvalue weighted by atomic mass is 10.1. The van der Waals surface area contributed by atoms with Crippen LogP contribution in [0.4, 0.5) is 0 Å². The number of carbonyl (C=O) groups excluding carboxylic acids is 1. The smallest absolute Gasteiger partial charge is 0.275 e. The molecule has 0 fully saturated rings. The number of hydrogen-bond donors (Lipinski definition) is 1. The van der Waals surface area contributed by atoms with Gasteiger partial charge in [-0.15, -0.1) is 0 Å². The van der Waals surface area contributed by atoms with Crippen molar-refractivity contribution in [1.82, 2.24) is 0 Å². The normalized spacial score (nSPS) is 16.9. The highest BCUT2D eigenvalue weighted by Crippen LogP contribution is 2.33. The van der Waals surface area contributed by atoms with Crippen LogP contribution in [-0.4, -0.2) is 19.5 Å². The monoisotopic (exact) mass is 490 g/mol. The molecule has 0 saturated carbocycles. The molecule has 2 heterocycles. The van der Waals surface area contributed by atoms with Gasteiger partial charge in [0.2, 0.25) is 27.2 Å². The van der Waals surface area contributed by atoms with Gasteiger partial charge in [0.05, 0.1) is 4.91 Å². The lowest BCUT2D eigenvalue weighted by Crippen LogP contribution is -2.36. The summed E-state index contributed by atoms with van der Waals surface area (Å²) in [6.45, 7) is 17.6. The van der Waals surface area contributed by atoms with Crippen molar-refractivity contribution in [1.29, 1.82) is 0 Å². The molecule has 1 unspecified atom stereocenters. The van der Waals surface area contributed by atoms with E-state index in [1.54, 1.807) is 0 Å². The average Bonchev–Trinajstić information content (AvgIpc) is 3.30. The number of nitrogens with zero attached hydrogens (tertiary/aromatic N) is 1. The summed E-state index contributed by atoms with van der Waals surface area (Å²) in [5.41, 5.74) is 1.01. The van der Waals surface area contributed by atoms with Crippen molar-refractivity contribution < 1.29 is 27.9 Å². The van der Waals surface area contributed by atoms with Gasteiger partial charge in [-0.25, -0.2) is 13.3 Å². The summed E-state index contributed by atoms with van der Waals surface area (Å²) in [5.74, 6) is -0.633. The van der Waals surface area contributed by atoms with E-state index >= 15 is 0 Å². The first-order chi connectivity index (χ1) is 15.9. The van der Waals surface area contributed by atoms with Crippen molar-refractivity contribution in [3.8, 4) is 0 Å². The summed E-state index contributed by atoms with van der Waals surface area (Å²) < 4.78 is 28.1. The highest BCUT2D eigenvalue weighted by Gasteiger charge is 2.38. The molecule has 8 heteroatoms. The van der Waals surface area contributed by atoms with Gasteiger partial charge in [-0.2, -0.15) is 4.57 Å². The Morgan fingerprint density at radius 3 is 2.30 bits per heavy atom. The highest BCUT2D eigenvalue weighted by atomic mass is 32.2. The summed E-state index contributed by atoms with van der Waals surface area (Å²) in [6, 6.07) is 7.80. The molecule has 0 bridgehead atoms. The number of ketones is 1. The fraction of sp³-hybridized carbons (Fsp3) is 0.280. The van der Waals surface area contributed by atoms with Gasteiger partial charge in [-0.3, -0.25) is 10.1 Å². The first-order valence-corrected chi connectivity index (χ1v) is 13.1. The van der Waals surface area contributed by atoms with Crippen LogP contribution in [0.5, 0.6) is 0 Å². The van der Waals surface area contributed by atoms with E-state index < -0.39 is 21.7 Å². The summed E-state index contributed by atoms with van der Waals surface area (Å²) in [4.78, 5) is 16.5. The maximum atomic E-state index is 12.6. The van der Waals surface area contributed by atoms with E-state index in [0.717, 1.165) is 21.3 Å². The van der Waals surface area contributed by atoms with Gasteiger partial charge < -0.3 is 0 Å². The van der Waals surface area contributed by atoms with Gasteiger partial charge in [-0.05, 0) is 31.2 Å². The lowest BCUT2D eigenvalue weighted by Gasteiger charge is -2.04. The topological polar surface area (TPSA) is 84.6 Å². The van der Waals surface area contributed by atoms with E-state index in [4.69, 9.17) is 0 Å². The van der Waals surface area contributed by atoms with E-state index in [0.29, 0.717) is 6.54 Å². The third-order valence-electron chi connectivity index (χ3n) is 4.55. The number of rotatable bonds is 7. The van der Waals surface area contributed by atoms with E-state index in [9.17, 15) is 18.5 Å². The summed E-state index contributed by atoms with van der Waals surface area (Å²) >= 11 is 1.46. The number of benzene rings is 1. The summed E-state index contributed by atoms with van der Waals surface area (Å²) in [5, 5.41) is 10.2. The quantitative estimate of drug-likeness (QED) is 0.228. The number of Topliss-reactive ketones (excluding diaryl/α,β-unsaturated/α-hetero) is 1. The Hall–Kier alpha value is -2.65. The number of aromatic nitrogens is 1. The number of fused-ring (bicyclic) bond motifs is 1. The van der Waals surface area contributed by atoms with Crippen LogP contribution in [0.1, 0.15) is 45.7 Å². The second-order valence-corrected chi connectivity index (χ2v) is 9.06. The van der Waals surface area contributed by atoms with Gasteiger partial charge in [-0.1, -0.05) is 76.5 Å². The van der Waals surface area contributed by atoms with Crippen molar-refractivity contribution in [3.63, 3.8) is 0 Å². The van der Waals surface area contributed by atoms with Crippen molar-refractivity contribution in [2.45, 2.75) is 47.3 Å². The van der Waals surface area contributed by atoms with E-state index in [1.165, 1.54) is 35.6 Å². The predicted molar refractivity (Wildman–Crippen MR) is 135 cm³/mol. The minimum atomic E-state index is -3.95. The Balaban J connectivity index is 0.00000129. The van der Waals surface area contributed by atoms with E-state index in [2.05, 4.69) is 18.0 Å². The Bertz CT molecular complexity index is 1200. The molecular formula is C25H32NO5S2+. The van der Waals surface area contributed by atoms with Gasteiger partial charge in [0.1, 0.15) is 16.1 Å². The molecule has 33 heavy (non-hydrogen) atoms. The number of aryl methyl sites for hydroxylation is 1. The van der Waals surface area contributed by atoms with Gasteiger partial charge in [0.15, 0.2) is 0 Å². The molecule has 1 aromatic carbocycles. The molecule has 0 radical (unpaired) electrons. The molecule has 0 amide bonds. The molecule has 3 rings (SSSR count). The average molecular weight is 491 g/mol. The number of hydrogen-bond acceptors (Lipinski definition) is 6. The standard InChI is InChI=1S/C21H19NO5S2.2C2H6/c1-4-14-18(5-2)29(25,26)19(20(14)23)13-9-11-16(27-24)21-22(6-3)15-10-7-8-12-17(15)28-21;2*1-2/h4-5,7-13,16H,1-2,6H2,3H3;2*1-2H3/p+1/b11-9+,19-13-;;. The third-order valence-corrected chi connectivity index (χ3v) is 7.64. The van der Waals surface area contributed by atoms with E-state index in [1.807, 2.05) is 63.5 Å². The Labute approximate surface area is 200 Å². The fourth-order valence-electron chi connectivity index (χ4n) is 3.21. The van der Waals surface area contributed by atoms with Crippen LogP contribution in [0.15, 0.2) is 83.2 Å². The first kappa shape index (κ1) is 28.4. The Morgan fingerprint density at radius 1 is 1.15 bits per heavy atom. The summed E-state index contributed by atoms with van der Waals surface area (Å²) in [6.07, 6.45) is 5.61. The molecule has 1 aromatic heterocycles. The van der Waals surface area contributed by atoms with Crippen LogP contribution in [-0.2, 0) is 26.1 Å². The van der Waals surface area contributed by atoms with Crippen molar-refractivity contribution in [3.05, 3.63) is 88.2 Å². The van der Waals surface area contributed by atoms with Crippen LogP contribution < -0.4 is 4.57 Å². The number of thiazole rings is 1. The molecule has 1 N–H and O–H groups in total. The largest absolute Gasteiger partial charge is 0.288 e. The number of allylic oxidation sites excluding steroid dienone is 6. The molecule has 0 aliphatic carbocycles. The van der Waals surface area contributed by atoms with Crippen LogP contribution in [0, 0.1) is 0 Å². The van der Waals surface area contributed by atoms with Crippen LogP contribution in [0.2, 0.25) is 0 Å². The zero-order valence-electron chi connectivity index (χ0n) is 19.7. The molecule has 6 nitrogen and oxygen atoms in total. The third kappa shape index (κ3) is 5.65. The first-order valence-electron chi connectivity index (χ1n) is 10.8. The van der Waals surface area contributed by atoms with Gasteiger partial charge in [0.25, 0.3) is 5.01 Å². The van der Waals surface area contributed by atoms with Crippen LogP contribution >= 0.6 is 11.3 Å². The van der Waals surface area contributed by atoms with Crippen LogP contribution in [0.3, 0.4) is 0 Å². The SMILES string of the molecule is C=CC1=C(C=C)S(=O)(=O)/C(=C\C=C\C(OO)c2sc3ccccc3[n+]2CC)C1=O.CC.CC. The van der Waals surface area contributed by atoms with Gasteiger partial charge in [0, 0.05) is 11.6 Å². The second-order valence-electron chi connectivity index (χ2n) is 6.11. The van der Waals surface area contributed by atoms with Gasteiger partial charge >= 0.3 is 0 Å². The molecule has 0 saturated heterocycles. The lowest BCUT2D eigenvalue weighted by molar-refractivity contribution is -0.675. The Kier molecular flexibility index (Phi) is 11.3.